The molecule has 5 heteroatoms. The largest absolute Gasteiger partial charge is 0.456 e. The molecule has 0 bridgehead atoms. The van der Waals surface area contributed by atoms with E-state index in [1.54, 1.807) is 0 Å². The molecule has 0 amide bonds. The van der Waals surface area contributed by atoms with Crippen LogP contribution in [0.1, 0.15) is 41.7 Å². The fourth-order valence-corrected chi connectivity index (χ4v) is 9.97. The molecule has 2 aliphatic rings. The number of ether oxygens (including phenoxy) is 1. The topological polar surface area (TPSA) is 52.6 Å². The van der Waals surface area contributed by atoms with Gasteiger partial charge in [-0.1, -0.05) is 111 Å². The van der Waals surface area contributed by atoms with Crippen molar-refractivity contribution in [3.05, 3.63) is 174 Å². The third-order valence-corrected chi connectivity index (χ3v) is 12.9. The summed E-state index contributed by atoms with van der Waals surface area (Å²) in [6.07, 6.45) is 1.90. The van der Waals surface area contributed by atoms with Crippen LogP contribution in [0.15, 0.2) is 150 Å². The molecule has 4 heterocycles. The van der Waals surface area contributed by atoms with Crippen LogP contribution in [0, 0.1) is 20.8 Å². The van der Waals surface area contributed by atoms with E-state index in [1.165, 1.54) is 33.4 Å². The number of nitrogens with zero attached hydrogens (tertiary/aromatic N) is 3. The Kier molecular flexibility index (Phi) is 6.97. The van der Waals surface area contributed by atoms with Crippen molar-refractivity contribution in [3.63, 3.8) is 0 Å². The maximum Gasteiger partial charge on any atom is 0.307 e. The third kappa shape index (κ3) is 4.73. The Morgan fingerprint density at radius 1 is 0.525 bits per heavy atom. The Morgan fingerprint density at radius 2 is 1.20 bits per heavy atom. The summed E-state index contributed by atoms with van der Waals surface area (Å²) >= 11 is 0. The van der Waals surface area contributed by atoms with E-state index in [1.807, 2.05) is 30.5 Å². The highest BCUT2D eigenvalue weighted by Gasteiger charge is 2.37. The molecule has 0 saturated carbocycles. The second-order valence-corrected chi connectivity index (χ2v) is 16.7. The minimum Gasteiger partial charge on any atom is -0.456 e. The predicted octanol–water partition coefficient (Wildman–Crippen LogP) is 14.3. The average Bonchev–Trinajstić information content (AvgIpc) is 3.79. The Morgan fingerprint density at radius 3 is 2.03 bits per heavy atom. The smallest absolute Gasteiger partial charge is 0.307 e. The fourth-order valence-electron chi connectivity index (χ4n) is 9.97. The number of aromatic nitrogens is 3. The van der Waals surface area contributed by atoms with Crippen molar-refractivity contribution < 1.29 is 9.15 Å². The lowest BCUT2D eigenvalue weighted by atomic mass is 9.73. The minimum atomic E-state index is -0.367. The van der Waals surface area contributed by atoms with Crippen molar-refractivity contribution in [2.24, 2.45) is 0 Å². The van der Waals surface area contributed by atoms with Gasteiger partial charge in [0.15, 0.2) is 5.58 Å². The summed E-state index contributed by atoms with van der Waals surface area (Å²) < 4.78 is 15.9. The van der Waals surface area contributed by atoms with Crippen LogP contribution >= 0.6 is 0 Å². The number of fused-ring (bicyclic) bond motifs is 15. The number of aryl methyl sites for hydroxylation is 3. The second kappa shape index (κ2) is 12.1. The summed E-state index contributed by atoms with van der Waals surface area (Å²) in [6.45, 7) is 11.2. The molecule has 12 rings (SSSR count). The number of hydrogen-bond donors (Lipinski definition) is 0. The van der Waals surface area contributed by atoms with Gasteiger partial charge in [-0.25, -0.2) is 0 Å². The van der Waals surface area contributed by atoms with E-state index in [4.69, 9.17) is 19.1 Å². The second-order valence-electron chi connectivity index (χ2n) is 16.7. The van der Waals surface area contributed by atoms with Crippen LogP contribution in [0.25, 0.3) is 94.9 Å². The molecule has 0 atom stereocenters. The first-order chi connectivity index (χ1) is 28.8. The first-order valence-corrected chi connectivity index (χ1v) is 20.3. The van der Waals surface area contributed by atoms with Gasteiger partial charge >= 0.3 is 5.84 Å². The maximum atomic E-state index is 7.17. The van der Waals surface area contributed by atoms with Gasteiger partial charge < -0.3 is 9.15 Å². The zero-order valence-electron chi connectivity index (χ0n) is 33.5. The SMILES string of the molecule is Cc1cc2c(cc1-c1c(C)ccc3c1oc1nc4ccccc4n13)C(C)(C)c1ccc(C)c(-c3ccc4c(c3)-c3ccccc3-c3ncccc3-c3ccccc3-4)c1O2. The van der Waals surface area contributed by atoms with Crippen LogP contribution in [-0.4, -0.2) is 14.4 Å². The number of imidazole rings is 1. The van der Waals surface area contributed by atoms with E-state index in [0.29, 0.717) is 5.84 Å². The van der Waals surface area contributed by atoms with Gasteiger partial charge in [0.2, 0.25) is 0 Å². The Hall–Kier alpha value is -7.24. The predicted molar refractivity (Wildman–Crippen MR) is 239 cm³/mol. The van der Waals surface area contributed by atoms with Crippen LogP contribution in [0.3, 0.4) is 0 Å². The lowest BCUT2D eigenvalue weighted by Gasteiger charge is -2.37. The lowest BCUT2D eigenvalue weighted by molar-refractivity contribution is 0.419. The molecule has 1 aliphatic carbocycles. The van der Waals surface area contributed by atoms with Crippen molar-refractivity contribution >= 4 is 28.0 Å². The zero-order chi connectivity index (χ0) is 39.7. The summed E-state index contributed by atoms with van der Waals surface area (Å²) in [6, 6.07) is 50.2. The van der Waals surface area contributed by atoms with E-state index in [-0.39, 0.29) is 5.41 Å². The third-order valence-electron chi connectivity index (χ3n) is 12.9. The Balaban J connectivity index is 1.03. The van der Waals surface area contributed by atoms with E-state index >= 15 is 0 Å². The molecule has 0 radical (unpaired) electrons. The quantitative estimate of drug-likeness (QED) is 0.176. The van der Waals surface area contributed by atoms with Crippen molar-refractivity contribution in [1.82, 2.24) is 14.4 Å². The van der Waals surface area contributed by atoms with E-state index < -0.39 is 0 Å². The summed E-state index contributed by atoms with van der Waals surface area (Å²) in [5.41, 5.74) is 22.9. The number of benzene rings is 7. The first-order valence-electron chi connectivity index (χ1n) is 20.3. The molecule has 0 N–H and O–H groups in total. The number of oxazole rings is 1. The molecular weight excluding hydrogens is 723 g/mol. The van der Waals surface area contributed by atoms with Gasteiger partial charge in [0, 0.05) is 45.0 Å². The van der Waals surface area contributed by atoms with Gasteiger partial charge in [-0.05, 0) is 119 Å². The van der Waals surface area contributed by atoms with Gasteiger partial charge in [-0.15, -0.1) is 0 Å². The van der Waals surface area contributed by atoms with Gasteiger partial charge in [0.05, 0.1) is 22.2 Å². The summed E-state index contributed by atoms with van der Waals surface area (Å²) in [5, 5.41) is 0. The molecule has 7 aromatic carbocycles. The Labute approximate surface area is 342 Å². The van der Waals surface area contributed by atoms with Crippen LogP contribution in [-0.2, 0) is 5.41 Å². The number of pyridine rings is 1. The van der Waals surface area contributed by atoms with Gasteiger partial charge in [-0.2, -0.15) is 4.98 Å². The van der Waals surface area contributed by atoms with Crippen molar-refractivity contribution in [2.75, 3.05) is 0 Å². The van der Waals surface area contributed by atoms with E-state index in [9.17, 15) is 0 Å². The average molecular weight is 762 g/mol. The van der Waals surface area contributed by atoms with E-state index in [2.05, 4.69) is 154 Å². The number of para-hydroxylation sites is 2. The van der Waals surface area contributed by atoms with Crippen molar-refractivity contribution in [3.8, 4) is 78.4 Å². The fraction of sp³-hybridized carbons (Fsp3) is 0.111. The van der Waals surface area contributed by atoms with Crippen molar-refractivity contribution in [1.29, 1.82) is 0 Å². The number of rotatable bonds is 2. The normalized spacial score (nSPS) is 13.4. The monoisotopic (exact) mass is 761 g/mol. The molecule has 10 aromatic rings. The molecular formula is C54H39N3O2. The Bertz CT molecular complexity index is 3430. The van der Waals surface area contributed by atoms with Crippen molar-refractivity contribution in [2.45, 2.75) is 40.0 Å². The summed E-state index contributed by atoms with van der Waals surface area (Å²) in [4.78, 5) is 9.80. The molecule has 3 aromatic heterocycles. The summed E-state index contributed by atoms with van der Waals surface area (Å²) in [5.74, 6) is 2.40. The molecule has 0 saturated heterocycles. The van der Waals surface area contributed by atoms with Crippen LogP contribution in [0.4, 0.5) is 0 Å². The highest BCUT2D eigenvalue weighted by atomic mass is 16.5. The van der Waals surface area contributed by atoms with Gasteiger partial charge in [-0.3, -0.25) is 9.38 Å². The standard InChI is InChI=1S/C54H39N3O2/c1-30-20-24-42-51(48(30)33-22-23-37-34-13-6-7-14-35(34)39-17-12-26-55-50(39)38-16-9-8-15-36(38)41(37)28-33)58-47-27-32(3)40(29-43(47)54(42,4)5)49-31(2)21-25-46-52(49)59-53-56-44-18-10-11-19-45(44)57(46)53/h6-29H,1-5H3. The van der Waals surface area contributed by atoms with Gasteiger partial charge in [0.1, 0.15) is 11.5 Å². The maximum absolute atomic E-state index is 7.17. The lowest BCUT2D eigenvalue weighted by Crippen LogP contribution is -2.25. The first kappa shape index (κ1) is 33.9. The zero-order valence-corrected chi connectivity index (χ0v) is 33.5. The van der Waals surface area contributed by atoms with E-state index in [0.717, 1.165) is 95.0 Å². The molecule has 59 heavy (non-hydrogen) atoms. The molecule has 0 fully saturated rings. The van der Waals surface area contributed by atoms with Crippen LogP contribution in [0.2, 0.25) is 0 Å². The highest BCUT2D eigenvalue weighted by Crippen LogP contribution is 2.55. The number of hydrogen-bond acceptors (Lipinski definition) is 4. The molecule has 5 nitrogen and oxygen atoms in total. The molecule has 282 valence electrons. The molecule has 1 aliphatic heterocycles. The summed E-state index contributed by atoms with van der Waals surface area (Å²) in [7, 11) is 0. The molecule has 0 unspecified atom stereocenters. The van der Waals surface area contributed by atoms with Gasteiger partial charge in [0.25, 0.3) is 0 Å². The van der Waals surface area contributed by atoms with Crippen LogP contribution in [0.5, 0.6) is 11.5 Å². The minimum absolute atomic E-state index is 0.367. The highest BCUT2D eigenvalue weighted by molar-refractivity contribution is 6.03. The van der Waals surface area contributed by atoms with Crippen LogP contribution < -0.4 is 4.74 Å². The molecule has 0 spiro atoms.